The molecule has 7 nitrogen and oxygen atoms in total. The smallest absolute Gasteiger partial charge is 0.323 e. The predicted molar refractivity (Wildman–Crippen MR) is 69.7 cm³/mol. The summed E-state index contributed by atoms with van der Waals surface area (Å²) in [7, 11) is 1.48. The van der Waals surface area contributed by atoms with Crippen LogP contribution in [-0.4, -0.2) is 77.2 Å². The average Bonchev–Trinajstić information content (AvgIpc) is 2.82. The first-order chi connectivity index (χ1) is 8.97. The number of carbonyl (C=O) groups excluding carboxylic acids is 2. The molecule has 0 bridgehead atoms. The fourth-order valence-corrected chi connectivity index (χ4v) is 3.01. The Labute approximate surface area is 115 Å². The quantitative estimate of drug-likeness (QED) is 0.707. The molecule has 0 radical (unpaired) electrons. The van der Waals surface area contributed by atoms with Crippen molar-refractivity contribution in [1.29, 1.82) is 0 Å². The minimum Gasteiger partial charge on any atom is -0.480 e. The minimum atomic E-state index is -1.08. The summed E-state index contributed by atoms with van der Waals surface area (Å²) < 4.78 is 4.87. The molecule has 0 aromatic carbocycles. The molecule has 1 saturated heterocycles. The number of aliphatic carboxylic acids is 1. The number of rotatable bonds is 6. The van der Waals surface area contributed by atoms with Gasteiger partial charge in [-0.3, -0.25) is 14.4 Å². The molecule has 2 amide bonds. The highest BCUT2D eigenvalue weighted by Gasteiger charge is 2.36. The summed E-state index contributed by atoms with van der Waals surface area (Å²) in [6.45, 7) is 1.49. The zero-order valence-corrected chi connectivity index (χ0v) is 11.8. The maximum absolute atomic E-state index is 12.3. The van der Waals surface area contributed by atoms with E-state index in [4.69, 9.17) is 9.84 Å². The van der Waals surface area contributed by atoms with E-state index in [0.717, 1.165) is 0 Å². The number of ether oxygens (including phenoxy) is 1. The van der Waals surface area contributed by atoms with Gasteiger partial charge in [-0.1, -0.05) is 0 Å². The molecule has 108 valence electrons. The van der Waals surface area contributed by atoms with Crippen LogP contribution in [0.5, 0.6) is 0 Å². The first-order valence-electron chi connectivity index (χ1n) is 5.81. The Morgan fingerprint density at radius 1 is 1.47 bits per heavy atom. The largest absolute Gasteiger partial charge is 0.480 e. The molecule has 1 atom stereocenters. The summed E-state index contributed by atoms with van der Waals surface area (Å²) in [5, 5.41) is 8.83. The third-order valence-electron chi connectivity index (χ3n) is 2.77. The molecule has 19 heavy (non-hydrogen) atoms. The second kappa shape index (κ2) is 7.34. The van der Waals surface area contributed by atoms with Gasteiger partial charge in [0.1, 0.15) is 12.6 Å². The monoisotopic (exact) mass is 290 g/mol. The first-order valence-corrected chi connectivity index (χ1v) is 6.97. The molecule has 1 N–H and O–H groups in total. The van der Waals surface area contributed by atoms with Crippen molar-refractivity contribution in [3.8, 4) is 0 Å². The Balaban J connectivity index is 2.73. The summed E-state index contributed by atoms with van der Waals surface area (Å²) in [5.74, 6) is -0.618. The molecule has 1 fully saturated rings. The Kier molecular flexibility index (Phi) is 6.10. The fraction of sp³-hybridized carbons (Fsp3) is 0.727. The van der Waals surface area contributed by atoms with Gasteiger partial charge in [-0.05, 0) is 0 Å². The van der Waals surface area contributed by atoms with Crippen LogP contribution >= 0.6 is 11.8 Å². The van der Waals surface area contributed by atoms with Crippen molar-refractivity contribution >= 4 is 29.5 Å². The van der Waals surface area contributed by atoms with Crippen LogP contribution in [0, 0.1) is 0 Å². The van der Waals surface area contributed by atoms with Crippen molar-refractivity contribution in [2.75, 3.05) is 38.4 Å². The van der Waals surface area contributed by atoms with Gasteiger partial charge in [0.25, 0.3) is 0 Å². The highest BCUT2D eigenvalue weighted by Crippen LogP contribution is 2.22. The van der Waals surface area contributed by atoms with E-state index < -0.39 is 12.0 Å². The van der Waals surface area contributed by atoms with Crippen molar-refractivity contribution in [3.63, 3.8) is 0 Å². The van der Waals surface area contributed by atoms with E-state index in [1.807, 2.05) is 0 Å². The van der Waals surface area contributed by atoms with E-state index in [2.05, 4.69) is 0 Å². The molecule has 0 aliphatic carbocycles. The zero-order chi connectivity index (χ0) is 14.4. The molecule has 8 heteroatoms. The van der Waals surface area contributed by atoms with Crippen LogP contribution in [0.3, 0.4) is 0 Å². The number of methoxy groups -OCH3 is 1. The van der Waals surface area contributed by atoms with Crippen LogP contribution in [0.25, 0.3) is 0 Å². The lowest BCUT2D eigenvalue weighted by Crippen LogP contribution is -2.50. The maximum Gasteiger partial charge on any atom is 0.323 e. The van der Waals surface area contributed by atoms with Crippen LogP contribution in [0.2, 0.25) is 0 Å². The van der Waals surface area contributed by atoms with Gasteiger partial charge in [0.15, 0.2) is 0 Å². The van der Waals surface area contributed by atoms with Crippen molar-refractivity contribution < 1.29 is 24.2 Å². The summed E-state index contributed by atoms with van der Waals surface area (Å²) >= 11 is 1.49. The fourth-order valence-electron chi connectivity index (χ4n) is 1.80. The average molecular weight is 290 g/mol. The molecule has 0 spiro atoms. The summed E-state index contributed by atoms with van der Waals surface area (Å²) in [4.78, 5) is 37.2. The molecule has 0 aromatic rings. The zero-order valence-electron chi connectivity index (χ0n) is 11.0. The standard InChI is InChI=1S/C11H18N2O5S/c1-8(14)13-7-19-6-9(13)11(17)12(3-4-18-2)5-10(15)16/h9H,3-7H2,1-2H3,(H,15,16). The maximum atomic E-state index is 12.3. The number of thioether (sulfide) groups is 1. The lowest BCUT2D eigenvalue weighted by atomic mass is 10.2. The van der Waals surface area contributed by atoms with Gasteiger partial charge in [-0.25, -0.2) is 0 Å². The molecular weight excluding hydrogens is 272 g/mol. The lowest BCUT2D eigenvalue weighted by Gasteiger charge is -2.28. The van der Waals surface area contributed by atoms with E-state index in [9.17, 15) is 14.4 Å². The number of carboxylic acid groups (broad SMARTS) is 1. The van der Waals surface area contributed by atoms with Gasteiger partial charge in [-0.15, -0.1) is 11.8 Å². The van der Waals surface area contributed by atoms with Gasteiger partial charge in [0, 0.05) is 26.3 Å². The SMILES string of the molecule is COCCN(CC(=O)O)C(=O)C1CSCN1C(C)=O. The van der Waals surface area contributed by atoms with Crippen molar-refractivity contribution in [3.05, 3.63) is 0 Å². The molecule has 1 unspecified atom stereocenters. The van der Waals surface area contributed by atoms with Crippen LogP contribution in [0.15, 0.2) is 0 Å². The molecule has 1 aliphatic heterocycles. The Hall–Kier alpha value is -1.28. The number of hydrogen-bond acceptors (Lipinski definition) is 5. The molecule has 1 aliphatic rings. The Morgan fingerprint density at radius 2 is 2.16 bits per heavy atom. The Bertz CT molecular complexity index is 363. The van der Waals surface area contributed by atoms with E-state index >= 15 is 0 Å². The van der Waals surface area contributed by atoms with Gasteiger partial charge in [0.05, 0.1) is 12.5 Å². The number of carboxylic acids is 1. The summed E-state index contributed by atoms with van der Waals surface area (Å²) in [6, 6.07) is -0.571. The molecule has 0 aromatic heterocycles. The van der Waals surface area contributed by atoms with Gasteiger partial charge in [-0.2, -0.15) is 0 Å². The third-order valence-corrected chi connectivity index (χ3v) is 3.79. The minimum absolute atomic E-state index is 0.176. The van der Waals surface area contributed by atoms with E-state index in [-0.39, 0.29) is 31.5 Å². The van der Waals surface area contributed by atoms with Crippen LogP contribution in [0.4, 0.5) is 0 Å². The van der Waals surface area contributed by atoms with Crippen LogP contribution in [0.1, 0.15) is 6.92 Å². The van der Waals surface area contributed by atoms with E-state index in [1.165, 1.54) is 35.6 Å². The van der Waals surface area contributed by atoms with Crippen molar-refractivity contribution in [2.24, 2.45) is 0 Å². The number of hydrogen-bond donors (Lipinski definition) is 1. The second-order valence-corrected chi connectivity index (χ2v) is 5.15. The number of amides is 2. The summed E-state index contributed by atoms with van der Waals surface area (Å²) in [5.41, 5.74) is 0. The molecular formula is C11H18N2O5S. The van der Waals surface area contributed by atoms with Gasteiger partial charge < -0.3 is 19.6 Å². The summed E-state index contributed by atoms with van der Waals surface area (Å²) in [6.07, 6.45) is 0. The highest BCUT2D eigenvalue weighted by molar-refractivity contribution is 7.99. The van der Waals surface area contributed by atoms with Gasteiger partial charge in [0.2, 0.25) is 11.8 Å². The highest BCUT2D eigenvalue weighted by atomic mass is 32.2. The topological polar surface area (TPSA) is 87.2 Å². The van der Waals surface area contributed by atoms with Crippen molar-refractivity contribution in [1.82, 2.24) is 9.80 Å². The van der Waals surface area contributed by atoms with Gasteiger partial charge >= 0.3 is 5.97 Å². The second-order valence-electron chi connectivity index (χ2n) is 4.15. The molecule has 1 rings (SSSR count). The normalized spacial score (nSPS) is 18.4. The predicted octanol–water partition coefficient (Wildman–Crippen LogP) is -0.533. The third kappa shape index (κ3) is 4.39. The van der Waals surface area contributed by atoms with Crippen molar-refractivity contribution in [2.45, 2.75) is 13.0 Å². The number of carbonyl (C=O) groups is 3. The molecule has 1 heterocycles. The first kappa shape index (κ1) is 15.8. The van der Waals surface area contributed by atoms with Crippen LogP contribution in [-0.2, 0) is 19.1 Å². The van der Waals surface area contributed by atoms with E-state index in [1.54, 1.807) is 0 Å². The number of nitrogens with zero attached hydrogens (tertiary/aromatic N) is 2. The Morgan fingerprint density at radius 3 is 2.68 bits per heavy atom. The molecule has 0 saturated carbocycles. The van der Waals surface area contributed by atoms with E-state index in [0.29, 0.717) is 11.6 Å². The lowest BCUT2D eigenvalue weighted by molar-refractivity contribution is -0.148. The van der Waals surface area contributed by atoms with Crippen LogP contribution < -0.4 is 0 Å².